The predicted octanol–water partition coefficient (Wildman–Crippen LogP) is 4.05. The first-order valence-electron chi connectivity index (χ1n) is 5.11. The highest BCUT2D eigenvalue weighted by Gasteiger charge is 2.16. The van der Waals surface area contributed by atoms with Crippen molar-refractivity contribution in [1.82, 2.24) is 4.98 Å². The van der Waals surface area contributed by atoms with Crippen molar-refractivity contribution in [3.05, 3.63) is 49.4 Å². The van der Waals surface area contributed by atoms with Gasteiger partial charge in [0.25, 0.3) is 0 Å². The van der Waals surface area contributed by atoms with E-state index in [1.807, 2.05) is 0 Å². The summed E-state index contributed by atoms with van der Waals surface area (Å²) in [4.78, 5) is 15.6. The second-order valence-electron chi connectivity index (χ2n) is 3.73. The van der Waals surface area contributed by atoms with Crippen LogP contribution in [0.3, 0.4) is 0 Å². The Hall–Kier alpha value is -1.10. The lowest BCUT2D eigenvalue weighted by atomic mass is 10.1. The van der Waals surface area contributed by atoms with Crippen LogP contribution in [0.4, 0.5) is 0 Å². The van der Waals surface area contributed by atoms with E-state index >= 15 is 0 Å². The number of hydrogen-bond acceptors (Lipinski definition) is 3. The summed E-state index contributed by atoms with van der Waals surface area (Å²) in [5.74, 6) is -0.958. The summed E-state index contributed by atoms with van der Waals surface area (Å²) in [6.07, 6.45) is 0.391. The zero-order chi connectivity index (χ0) is 13.3. The molecule has 3 nitrogen and oxygen atoms in total. The number of thiazole rings is 1. The van der Waals surface area contributed by atoms with Crippen molar-refractivity contribution >= 4 is 40.5 Å². The summed E-state index contributed by atoms with van der Waals surface area (Å²) in [7, 11) is 0. The first kappa shape index (κ1) is 13.3. The van der Waals surface area contributed by atoms with Gasteiger partial charge in [0.1, 0.15) is 4.88 Å². The molecule has 0 saturated heterocycles. The fourth-order valence-corrected chi connectivity index (χ4v) is 2.85. The number of carboxylic acids is 1. The maximum absolute atomic E-state index is 11.1. The predicted molar refractivity (Wildman–Crippen MR) is 73.1 cm³/mol. The molecule has 1 aromatic heterocycles. The molecule has 0 radical (unpaired) electrons. The molecular formula is C12H9Cl2NO2S. The Morgan fingerprint density at radius 2 is 2.17 bits per heavy atom. The van der Waals surface area contributed by atoms with E-state index in [1.54, 1.807) is 25.1 Å². The first-order chi connectivity index (χ1) is 8.47. The third kappa shape index (κ3) is 2.83. The van der Waals surface area contributed by atoms with Gasteiger partial charge >= 0.3 is 5.97 Å². The maximum atomic E-state index is 11.1. The Labute approximate surface area is 118 Å². The average molecular weight is 302 g/mol. The SMILES string of the molecule is Cc1nc(Cc2ccc(Cl)cc2Cl)c(C(=O)O)s1. The molecule has 0 aliphatic carbocycles. The number of rotatable bonds is 3. The average Bonchev–Trinajstić information content (AvgIpc) is 2.64. The van der Waals surface area contributed by atoms with Gasteiger partial charge in [-0.05, 0) is 24.6 Å². The standard InChI is InChI=1S/C12H9Cl2NO2S/c1-6-15-10(11(18-6)12(16)17)4-7-2-3-8(13)5-9(7)14/h2-3,5H,4H2,1H3,(H,16,17). The molecule has 94 valence electrons. The molecule has 0 atom stereocenters. The molecule has 6 heteroatoms. The van der Waals surface area contributed by atoms with Gasteiger partial charge in [-0.1, -0.05) is 29.3 Å². The summed E-state index contributed by atoms with van der Waals surface area (Å²) in [6.45, 7) is 1.78. The fourth-order valence-electron chi connectivity index (χ4n) is 1.60. The lowest BCUT2D eigenvalue weighted by molar-refractivity contribution is 0.0701. The minimum absolute atomic E-state index is 0.263. The third-order valence-electron chi connectivity index (χ3n) is 2.37. The second kappa shape index (κ2) is 5.26. The molecule has 0 aliphatic rings. The number of nitrogens with zero attached hydrogens (tertiary/aromatic N) is 1. The van der Waals surface area contributed by atoms with E-state index in [2.05, 4.69) is 4.98 Å². The third-order valence-corrected chi connectivity index (χ3v) is 3.96. The first-order valence-corrected chi connectivity index (χ1v) is 6.68. The minimum atomic E-state index is -0.958. The molecule has 0 unspecified atom stereocenters. The molecule has 0 bridgehead atoms. The highest BCUT2D eigenvalue weighted by atomic mass is 35.5. The monoisotopic (exact) mass is 301 g/mol. The van der Waals surface area contributed by atoms with Gasteiger partial charge in [-0.25, -0.2) is 9.78 Å². The molecule has 1 aromatic carbocycles. The molecule has 0 spiro atoms. The van der Waals surface area contributed by atoms with Crippen LogP contribution in [0.2, 0.25) is 10.0 Å². The Morgan fingerprint density at radius 1 is 1.44 bits per heavy atom. The number of benzene rings is 1. The number of aromatic carboxylic acids is 1. The van der Waals surface area contributed by atoms with Crippen molar-refractivity contribution in [3.63, 3.8) is 0 Å². The zero-order valence-electron chi connectivity index (χ0n) is 9.41. The van der Waals surface area contributed by atoms with Crippen LogP contribution in [0.15, 0.2) is 18.2 Å². The van der Waals surface area contributed by atoms with Crippen molar-refractivity contribution in [3.8, 4) is 0 Å². The Balaban J connectivity index is 2.36. The molecule has 1 heterocycles. The molecule has 2 aromatic rings. The number of halogens is 2. The lowest BCUT2D eigenvalue weighted by Crippen LogP contribution is -2.00. The quantitative estimate of drug-likeness (QED) is 0.930. The van der Waals surface area contributed by atoms with E-state index in [9.17, 15) is 4.79 Å². The smallest absolute Gasteiger partial charge is 0.347 e. The van der Waals surface area contributed by atoms with Crippen LogP contribution >= 0.6 is 34.5 Å². The number of carboxylic acid groups (broad SMARTS) is 1. The highest BCUT2D eigenvalue weighted by Crippen LogP contribution is 2.26. The van der Waals surface area contributed by atoms with Gasteiger partial charge in [0.2, 0.25) is 0 Å². The van der Waals surface area contributed by atoms with E-state index in [0.29, 0.717) is 22.2 Å². The van der Waals surface area contributed by atoms with Crippen LogP contribution in [0.25, 0.3) is 0 Å². The van der Waals surface area contributed by atoms with Crippen LogP contribution in [-0.2, 0) is 6.42 Å². The largest absolute Gasteiger partial charge is 0.477 e. The number of hydrogen-bond donors (Lipinski definition) is 1. The normalized spacial score (nSPS) is 10.6. The van der Waals surface area contributed by atoms with E-state index in [0.717, 1.165) is 10.6 Å². The van der Waals surface area contributed by atoms with Crippen LogP contribution in [0, 0.1) is 6.92 Å². The molecule has 2 rings (SSSR count). The highest BCUT2D eigenvalue weighted by molar-refractivity contribution is 7.13. The van der Waals surface area contributed by atoms with Gasteiger partial charge in [0, 0.05) is 16.5 Å². The molecule has 0 amide bonds. The van der Waals surface area contributed by atoms with E-state index in [-0.39, 0.29) is 4.88 Å². The molecule has 0 fully saturated rings. The van der Waals surface area contributed by atoms with Crippen LogP contribution in [0.5, 0.6) is 0 Å². The van der Waals surface area contributed by atoms with Crippen LogP contribution in [0.1, 0.15) is 25.9 Å². The summed E-state index contributed by atoms with van der Waals surface area (Å²) < 4.78 is 0. The Bertz CT molecular complexity index is 610. The summed E-state index contributed by atoms with van der Waals surface area (Å²) in [5, 5.41) is 10.9. The van der Waals surface area contributed by atoms with Gasteiger partial charge in [-0.3, -0.25) is 0 Å². The molecule has 1 N–H and O–H groups in total. The van der Waals surface area contributed by atoms with E-state index in [1.165, 1.54) is 11.3 Å². The maximum Gasteiger partial charge on any atom is 0.347 e. The molecular weight excluding hydrogens is 293 g/mol. The molecule has 0 saturated carbocycles. The Morgan fingerprint density at radius 3 is 2.78 bits per heavy atom. The topological polar surface area (TPSA) is 50.2 Å². The molecule has 18 heavy (non-hydrogen) atoms. The second-order valence-corrected chi connectivity index (χ2v) is 5.77. The van der Waals surface area contributed by atoms with E-state index < -0.39 is 5.97 Å². The van der Waals surface area contributed by atoms with Crippen molar-refractivity contribution in [2.45, 2.75) is 13.3 Å². The van der Waals surface area contributed by atoms with Gasteiger partial charge in [0.15, 0.2) is 0 Å². The fraction of sp³-hybridized carbons (Fsp3) is 0.167. The van der Waals surface area contributed by atoms with Gasteiger partial charge in [-0.15, -0.1) is 11.3 Å². The van der Waals surface area contributed by atoms with Crippen LogP contribution < -0.4 is 0 Å². The van der Waals surface area contributed by atoms with Gasteiger partial charge in [-0.2, -0.15) is 0 Å². The van der Waals surface area contributed by atoms with Crippen molar-refractivity contribution < 1.29 is 9.90 Å². The molecule has 0 aliphatic heterocycles. The number of aromatic nitrogens is 1. The number of carbonyl (C=O) groups is 1. The lowest BCUT2D eigenvalue weighted by Gasteiger charge is -2.03. The van der Waals surface area contributed by atoms with Crippen LogP contribution in [-0.4, -0.2) is 16.1 Å². The minimum Gasteiger partial charge on any atom is -0.477 e. The van der Waals surface area contributed by atoms with Crippen molar-refractivity contribution in [2.24, 2.45) is 0 Å². The Kier molecular flexibility index (Phi) is 3.90. The zero-order valence-corrected chi connectivity index (χ0v) is 11.7. The van der Waals surface area contributed by atoms with Crippen molar-refractivity contribution in [2.75, 3.05) is 0 Å². The summed E-state index contributed by atoms with van der Waals surface area (Å²) in [5.41, 5.74) is 1.35. The van der Waals surface area contributed by atoms with Gasteiger partial charge in [0.05, 0.1) is 10.7 Å². The van der Waals surface area contributed by atoms with E-state index in [4.69, 9.17) is 28.3 Å². The number of aryl methyl sites for hydroxylation is 1. The summed E-state index contributed by atoms with van der Waals surface area (Å²) >= 11 is 13.0. The summed E-state index contributed by atoms with van der Waals surface area (Å²) in [6, 6.07) is 5.14. The van der Waals surface area contributed by atoms with Gasteiger partial charge < -0.3 is 5.11 Å². The van der Waals surface area contributed by atoms with Crippen molar-refractivity contribution in [1.29, 1.82) is 0 Å².